The number of aromatic nitrogens is 2. The number of piperidine rings is 1. The zero-order chi connectivity index (χ0) is 16.4. The van der Waals surface area contributed by atoms with Crippen molar-refractivity contribution in [3.63, 3.8) is 0 Å². The van der Waals surface area contributed by atoms with Crippen LogP contribution in [0.3, 0.4) is 0 Å². The predicted octanol–water partition coefficient (Wildman–Crippen LogP) is 3.32. The van der Waals surface area contributed by atoms with Gasteiger partial charge in [-0.05, 0) is 43.0 Å². The second kappa shape index (κ2) is 7.07. The summed E-state index contributed by atoms with van der Waals surface area (Å²) in [5.74, 6) is 1.52. The number of hydrogen-bond donors (Lipinski definition) is 1. The van der Waals surface area contributed by atoms with E-state index in [2.05, 4.69) is 47.1 Å². The van der Waals surface area contributed by atoms with Crippen molar-refractivity contribution in [2.24, 2.45) is 0 Å². The maximum atomic E-state index is 10.6. The molecule has 2 aromatic rings. The number of rotatable bonds is 4. The summed E-state index contributed by atoms with van der Waals surface area (Å²) in [4.78, 5) is 12.6. The number of nitrogens with zero attached hydrogens (tertiary/aromatic N) is 3. The standard InChI is InChI=1S/C18H25N3OS/c1-12(2)18-19-7-4-14(20-18)10-21-8-5-15(16(22)11-21)17-13(3)6-9-23-17/h4,6-7,9,12,15-16,22H,5,8,10-11H2,1-3H3/t15-,16-/m1/s1. The van der Waals surface area contributed by atoms with Crippen LogP contribution in [0.1, 0.15) is 54.1 Å². The quantitative estimate of drug-likeness (QED) is 0.934. The third kappa shape index (κ3) is 3.79. The Morgan fingerprint density at radius 2 is 2.22 bits per heavy atom. The first-order valence-corrected chi connectivity index (χ1v) is 9.18. The van der Waals surface area contributed by atoms with Gasteiger partial charge in [-0.25, -0.2) is 9.97 Å². The van der Waals surface area contributed by atoms with Crippen LogP contribution in [0.2, 0.25) is 0 Å². The Bertz CT molecular complexity index is 655. The van der Waals surface area contributed by atoms with Gasteiger partial charge in [0.1, 0.15) is 5.82 Å². The highest BCUT2D eigenvalue weighted by Crippen LogP contribution is 2.34. The zero-order valence-corrected chi connectivity index (χ0v) is 14.9. The lowest BCUT2D eigenvalue weighted by atomic mass is 9.90. The van der Waals surface area contributed by atoms with Crippen LogP contribution in [0.15, 0.2) is 23.7 Å². The van der Waals surface area contributed by atoms with Crippen molar-refractivity contribution >= 4 is 11.3 Å². The molecule has 1 saturated heterocycles. The number of aryl methyl sites for hydroxylation is 1. The van der Waals surface area contributed by atoms with E-state index < -0.39 is 0 Å². The van der Waals surface area contributed by atoms with Crippen molar-refractivity contribution in [3.8, 4) is 0 Å². The fourth-order valence-corrected chi connectivity index (χ4v) is 4.34. The third-order valence-corrected chi connectivity index (χ3v) is 5.69. The van der Waals surface area contributed by atoms with Crippen LogP contribution in [0.5, 0.6) is 0 Å². The molecule has 0 unspecified atom stereocenters. The molecule has 0 amide bonds. The largest absolute Gasteiger partial charge is 0.391 e. The summed E-state index contributed by atoms with van der Waals surface area (Å²) in [5.41, 5.74) is 2.35. The molecule has 23 heavy (non-hydrogen) atoms. The molecule has 124 valence electrons. The van der Waals surface area contributed by atoms with Crippen molar-refractivity contribution in [1.29, 1.82) is 0 Å². The number of likely N-dealkylation sites (tertiary alicyclic amines) is 1. The first-order valence-electron chi connectivity index (χ1n) is 8.31. The lowest BCUT2D eigenvalue weighted by Gasteiger charge is -2.35. The molecule has 0 spiro atoms. The molecule has 0 aliphatic carbocycles. The molecule has 3 heterocycles. The molecule has 0 bridgehead atoms. The summed E-state index contributed by atoms with van der Waals surface area (Å²) in [6, 6.07) is 4.13. The molecular formula is C18H25N3OS. The molecule has 1 N–H and O–H groups in total. The van der Waals surface area contributed by atoms with Crippen LogP contribution >= 0.6 is 11.3 Å². The van der Waals surface area contributed by atoms with Crippen LogP contribution in [-0.4, -0.2) is 39.2 Å². The number of aliphatic hydroxyl groups excluding tert-OH is 1. The van der Waals surface area contributed by atoms with E-state index in [0.717, 1.165) is 31.0 Å². The third-order valence-electron chi connectivity index (χ3n) is 4.54. The number of thiophene rings is 1. The second-order valence-electron chi connectivity index (χ2n) is 6.73. The van der Waals surface area contributed by atoms with Gasteiger partial charge in [-0.2, -0.15) is 0 Å². The van der Waals surface area contributed by atoms with Crippen molar-refractivity contribution < 1.29 is 5.11 Å². The average molecular weight is 331 g/mol. The molecule has 4 nitrogen and oxygen atoms in total. The molecule has 2 atom stereocenters. The van der Waals surface area contributed by atoms with Crippen molar-refractivity contribution in [2.45, 2.75) is 51.7 Å². The molecule has 1 fully saturated rings. The van der Waals surface area contributed by atoms with E-state index in [1.807, 2.05) is 12.3 Å². The molecule has 5 heteroatoms. The van der Waals surface area contributed by atoms with Crippen molar-refractivity contribution in [2.75, 3.05) is 13.1 Å². The van der Waals surface area contributed by atoms with Gasteiger partial charge < -0.3 is 5.11 Å². The first-order chi connectivity index (χ1) is 11.0. The summed E-state index contributed by atoms with van der Waals surface area (Å²) in [6.45, 7) is 8.85. The van der Waals surface area contributed by atoms with E-state index in [4.69, 9.17) is 0 Å². The van der Waals surface area contributed by atoms with Gasteiger partial charge in [0.15, 0.2) is 0 Å². The van der Waals surface area contributed by atoms with E-state index in [0.29, 0.717) is 12.5 Å². The van der Waals surface area contributed by atoms with E-state index in [1.165, 1.54) is 10.4 Å². The van der Waals surface area contributed by atoms with Crippen molar-refractivity contribution in [3.05, 3.63) is 45.7 Å². The normalized spacial score (nSPS) is 22.7. The van der Waals surface area contributed by atoms with Gasteiger partial charge in [-0.15, -0.1) is 11.3 Å². The Morgan fingerprint density at radius 1 is 1.39 bits per heavy atom. The first kappa shape index (κ1) is 16.6. The Balaban J connectivity index is 1.64. The molecular weight excluding hydrogens is 306 g/mol. The molecule has 3 rings (SSSR count). The van der Waals surface area contributed by atoms with Gasteiger partial charge in [0.2, 0.25) is 0 Å². The fraction of sp³-hybridized carbons (Fsp3) is 0.556. The van der Waals surface area contributed by atoms with Gasteiger partial charge in [0, 0.05) is 36.0 Å². The van der Waals surface area contributed by atoms with E-state index in [9.17, 15) is 5.11 Å². The van der Waals surface area contributed by atoms with Gasteiger partial charge in [0.05, 0.1) is 11.8 Å². The van der Waals surface area contributed by atoms with Gasteiger partial charge in [-0.3, -0.25) is 4.90 Å². The minimum absolute atomic E-state index is 0.280. The molecule has 0 radical (unpaired) electrons. The Labute approximate surface area is 142 Å². The second-order valence-corrected chi connectivity index (χ2v) is 7.67. The van der Waals surface area contributed by atoms with Crippen LogP contribution < -0.4 is 0 Å². The predicted molar refractivity (Wildman–Crippen MR) is 93.8 cm³/mol. The Hall–Kier alpha value is -1.30. The van der Waals surface area contributed by atoms with E-state index >= 15 is 0 Å². The van der Waals surface area contributed by atoms with Gasteiger partial charge >= 0.3 is 0 Å². The van der Waals surface area contributed by atoms with Crippen LogP contribution in [0.25, 0.3) is 0 Å². The lowest BCUT2D eigenvalue weighted by Crippen LogP contribution is -2.42. The summed E-state index contributed by atoms with van der Waals surface area (Å²) >= 11 is 1.77. The summed E-state index contributed by atoms with van der Waals surface area (Å²) in [7, 11) is 0. The number of aliphatic hydroxyl groups is 1. The number of β-amino-alcohol motifs (C(OH)–C–C–N with tert-alkyl or cyclic N) is 1. The minimum Gasteiger partial charge on any atom is -0.391 e. The summed E-state index contributed by atoms with van der Waals surface area (Å²) in [5, 5.41) is 12.7. The average Bonchev–Trinajstić information content (AvgIpc) is 2.94. The highest BCUT2D eigenvalue weighted by Gasteiger charge is 2.30. The Kier molecular flexibility index (Phi) is 5.09. The zero-order valence-electron chi connectivity index (χ0n) is 14.1. The SMILES string of the molecule is Cc1ccsc1[C@@H]1CCN(Cc2ccnc(C(C)C)n2)C[C@H]1O. The molecule has 1 aliphatic rings. The molecule has 0 aromatic carbocycles. The maximum absolute atomic E-state index is 10.6. The topological polar surface area (TPSA) is 49.2 Å². The number of hydrogen-bond acceptors (Lipinski definition) is 5. The van der Waals surface area contributed by atoms with E-state index in [1.54, 1.807) is 11.3 Å². The molecule has 0 saturated carbocycles. The minimum atomic E-state index is -0.299. The summed E-state index contributed by atoms with van der Waals surface area (Å²) < 4.78 is 0. The summed E-state index contributed by atoms with van der Waals surface area (Å²) in [6.07, 6.45) is 2.55. The monoisotopic (exact) mass is 331 g/mol. The fourth-order valence-electron chi connectivity index (χ4n) is 3.22. The van der Waals surface area contributed by atoms with Crippen molar-refractivity contribution in [1.82, 2.24) is 14.9 Å². The molecule has 1 aliphatic heterocycles. The Morgan fingerprint density at radius 3 is 2.87 bits per heavy atom. The van der Waals surface area contributed by atoms with Gasteiger partial charge in [0.25, 0.3) is 0 Å². The van der Waals surface area contributed by atoms with E-state index in [-0.39, 0.29) is 12.0 Å². The molecule has 2 aromatic heterocycles. The maximum Gasteiger partial charge on any atom is 0.131 e. The smallest absolute Gasteiger partial charge is 0.131 e. The van der Waals surface area contributed by atoms with Crippen LogP contribution in [0, 0.1) is 6.92 Å². The van der Waals surface area contributed by atoms with Gasteiger partial charge in [-0.1, -0.05) is 13.8 Å². The van der Waals surface area contributed by atoms with Crippen LogP contribution in [0.4, 0.5) is 0 Å². The van der Waals surface area contributed by atoms with Crippen LogP contribution in [-0.2, 0) is 6.54 Å². The highest BCUT2D eigenvalue weighted by atomic mass is 32.1. The lowest BCUT2D eigenvalue weighted by molar-refractivity contribution is 0.0479. The highest BCUT2D eigenvalue weighted by molar-refractivity contribution is 7.10.